The van der Waals surface area contributed by atoms with Crippen LogP contribution in [0.25, 0.3) is 0 Å². The Bertz CT molecular complexity index is 622. The van der Waals surface area contributed by atoms with Gasteiger partial charge in [0.1, 0.15) is 17.7 Å². The van der Waals surface area contributed by atoms with Crippen LogP contribution in [0.15, 0.2) is 48.5 Å². The number of thioether (sulfide) groups is 1. The standard InChI is InChI=1S/C17H18BF2NO2S/c1-24-11-10-16(21)17(22)23-18(12-2-6-14(19)7-3-12)13-4-8-15(20)9-5-13/h2-9,16H,10-11,21H2,1H3/t16-/m0/s1. The summed E-state index contributed by atoms with van der Waals surface area (Å²) in [6.45, 7) is -0.765. The Morgan fingerprint density at radius 1 is 1.08 bits per heavy atom. The van der Waals surface area contributed by atoms with Gasteiger partial charge in [0.05, 0.1) is 0 Å². The summed E-state index contributed by atoms with van der Waals surface area (Å²) in [6, 6.07) is 10.5. The molecule has 0 amide bonds. The highest BCUT2D eigenvalue weighted by Gasteiger charge is 2.28. The summed E-state index contributed by atoms with van der Waals surface area (Å²) in [5, 5.41) is 0. The maximum Gasteiger partial charge on any atom is 0.429 e. The van der Waals surface area contributed by atoms with Gasteiger partial charge in [0, 0.05) is 0 Å². The molecule has 0 aromatic heterocycles. The maximum absolute atomic E-state index is 13.2. The molecule has 0 saturated heterocycles. The SMILES string of the molecule is CSCC[C@H](N)C(=O)OB(c1ccc(F)cc1)c1ccc(F)cc1. The Kier molecular flexibility index (Phi) is 6.81. The van der Waals surface area contributed by atoms with Crippen molar-refractivity contribution in [3.05, 3.63) is 60.2 Å². The number of halogens is 2. The molecule has 7 heteroatoms. The molecule has 0 bridgehead atoms. The summed E-state index contributed by atoms with van der Waals surface area (Å²) in [4.78, 5) is 12.2. The molecule has 0 spiro atoms. The third-order valence-electron chi connectivity index (χ3n) is 3.52. The lowest BCUT2D eigenvalue weighted by Gasteiger charge is -2.18. The zero-order chi connectivity index (χ0) is 17.5. The first-order chi connectivity index (χ1) is 11.5. The molecule has 0 aliphatic rings. The minimum Gasteiger partial charge on any atom is -0.525 e. The van der Waals surface area contributed by atoms with Crippen LogP contribution in [0.1, 0.15) is 6.42 Å². The fraction of sp³-hybridized carbons (Fsp3) is 0.235. The van der Waals surface area contributed by atoms with E-state index in [1.54, 1.807) is 11.8 Å². The normalized spacial score (nSPS) is 11.8. The molecule has 3 nitrogen and oxygen atoms in total. The topological polar surface area (TPSA) is 52.3 Å². The molecule has 24 heavy (non-hydrogen) atoms. The number of nitrogens with two attached hydrogens (primary N) is 1. The van der Waals surface area contributed by atoms with Crippen molar-refractivity contribution in [3.8, 4) is 0 Å². The lowest BCUT2D eigenvalue weighted by molar-refractivity contribution is -0.136. The Hall–Kier alpha value is -1.86. The van der Waals surface area contributed by atoms with E-state index in [0.29, 0.717) is 17.3 Å². The fourth-order valence-corrected chi connectivity index (χ4v) is 2.66. The molecular formula is C17H18BF2NO2S. The van der Waals surface area contributed by atoms with Gasteiger partial charge >= 0.3 is 12.9 Å². The molecule has 0 aliphatic carbocycles. The van der Waals surface area contributed by atoms with E-state index >= 15 is 0 Å². The van der Waals surface area contributed by atoms with Crippen LogP contribution in [0.4, 0.5) is 8.78 Å². The van der Waals surface area contributed by atoms with Gasteiger partial charge in [-0.2, -0.15) is 11.8 Å². The van der Waals surface area contributed by atoms with Crippen LogP contribution in [0.2, 0.25) is 0 Å². The monoisotopic (exact) mass is 349 g/mol. The smallest absolute Gasteiger partial charge is 0.429 e. The minimum atomic E-state index is -0.765. The predicted octanol–water partition coefficient (Wildman–Crippen LogP) is 1.69. The van der Waals surface area contributed by atoms with E-state index in [9.17, 15) is 13.6 Å². The number of carbonyl (C=O) groups excluding carboxylic acids is 1. The largest absolute Gasteiger partial charge is 0.525 e. The van der Waals surface area contributed by atoms with Gasteiger partial charge in [-0.3, -0.25) is 4.79 Å². The Morgan fingerprint density at radius 3 is 1.96 bits per heavy atom. The van der Waals surface area contributed by atoms with Crippen LogP contribution in [-0.4, -0.2) is 30.9 Å². The van der Waals surface area contributed by atoms with Crippen molar-refractivity contribution >= 4 is 35.6 Å². The van der Waals surface area contributed by atoms with E-state index < -0.39 is 18.9 Å². The Labute approximate surface area is 144 Å². The molecule has 1 atom stereocenters. The van der Waals surface area contributed by atoms with Gasteiger partial charge in [-0.05, 0) is 53.6 Å². The van der Waals surface area contributed by atoms with E-state index in [1.165, 1.54) is 48.5 Å². The Balaban J connectivity index is 2.24. The number of benzene rings is 2. The number of hydrogen-bond donors (Lipinski definition) is 1. The molecule has 0 aliphatic heterocycles. The molecule has 0 saturated carbocycles. The summed E-state index contributed by atoms with van der Waals surface area (Å²) in [5.74, 6) is -0.574. The lowest BCUT2D eigenvalue weighted by Crippen LogP contribution is -2.49. The van der Waals surface area contributed by atoms with Crippen molar-refractivity contribution in [1.82, 2.24) is 0 Å². The third kappa shape index (κ3) is 5.07. The Morgan fingerprint density at radius 2 is 1.54 bits per heavy atom. The van der Waals surface area contributed by atoms with Crippen molar-refractivity contribution < 1.29 is 18.2 Å². The first kappa shape index (κ1) is 18.5. The molecule has 0 unspecified atom stereocenters. The lowest BCUT2D eigenvalue weighted by atomic mass is 9.55. The number of carbonyl (C=O) groups is 1. The highest BCUT2D eigenvalue weighted by Crippen LogP contribution is 2.04. The minimum absolute atomic E-state index is 0.389. The zero-order valence-corrected chi connectivity index (χ0v) is 14.1. The molecule has 0 heterocycles. The molecule has 0 fully saturated rings. The summed E-state index contributed by atoms with van der Waals surface area (Å²) in [5.41, 5.74) is 7.03. The van der Waals surface area contributed by atoms with Gasteiger partial charge in [0.2, 0.25) is 0 Å². The van der Waals surface area contributed by atoms with Crippen molar-refractivity contribution in [1.29, 1.82) is 0 Å². The van der Waals surface area contributed by atoms with Gasteiger partial charge in [0.25, 0.3) is 0 Å². The molecule has 2 aromatic rings. The molecule has 126 valence electrons. The van der Waals surface area contributed by atoms with Gasteiger partial charge in [-0.1, -0.05) is 24.3 Å². The van der Waals surface area contributed by atoms with Crippen molar-refractivity contribution in [3.63, 3.8) is 0 Å². The average Bonchev–Trinajstić information content (AvgIpc) is 2.59. The summed E-state index contributed by atoms with van der Waals surface area (Å²) in [6.07, 6.45) is 2.43. The third-order valence-corrected chi connectivity index (χ3v) is 4.16. The van der Waals surface area contributed by atoms with Gasteiger partial charge in [-0.25, -0.2) is 8.78 Å². The van der Waals surface area contributed by atoms with Crippen LogP contribution in [0, 0.1) is 11.6 Å². The van der Waals surface area contributed by atoms with Crippen LogP contribution in [-0.2, 0) is 9.45 Å². The summed E-state index contributed by atoms with van der Waals surface area (Å²) < 4.78 is 31.9. The number of rotatable bonds is 7. The first-order valence-corrected chi connectivity index (χ1v) is 8.86. The van der Waals surface area contributed by atoms with Crippen LogP contribution >= 0.6 is 11.8 Å². The average molecular weight is 349 g/mol. The molecular weight excluding hydrogens is 331 g/mol. The number of hydrogen-bond acceptors (Lipinski definition) is 4. The molecule has 2 rings (SSSR count). The molecule has 2 aromatic carbocycles. The van der Waals surface area contributed by atoms with Crippen molar-refractivity contribution in [2.45, 2.75) is 12.5 Å². The first-order valence-electron chi connectivity index (χ1n) is 7.47. The maximum atomic E-state index is 13.2. The molecule has 0 radical (unpaired) electrons. The summed E-state index contributed by atoms with van der Waals surface area (Å²) >= 11 is 1.59. The van der Waals surface area contributed by atoms with Gasteiger partial charge in [0.15, 0.2) is 0 Å². The molecule has 2 N–H and O–H groups in total. The van der Waals surface area contributed by atoms with Gasteiger partial charge < -0.3 is 10.4 Å². The fourth-order valence-electron chi connectivity index (χ4n) is 2.17. The van der Waals surface area contributed by atoms with Crippen LogP contribution in [0.5, 0.6) is 0 Å². The van der Waals surface area contributed by atoms with E-state index in [-0.39, 0.29) is 11.6 Å². The van der Waals surface area contributed by atoms with Crippen molar-refractivity contribution in [2.75, 3.05) is 12.0 Å². The predicted molar refractivity (Wildman–Crippen MR) is 94.9 cm³/mol. The van der Waals surface area contributed by atoms with Crippen molar-refractivity contribution in [2.24, 2.45) is 5.73 Å². The highest BCUT2D eigenvalue weighted by atomic mass is 32.2. The zero-order valence-electron chi connectivity index (χ0n) is 13.2. The highest BCUT2D eigenvalue weighted by molar-refractivity contribution is 7.98. The van der Waals surface area contributed by atoms with E-state index in [4.69, 9.17) is 10.4 Å². The summed E-state index contributed by atoms with van der Waals surface area (Å²) in [7, 11) is 0. The van der Waals surface area contributed by atoms with E-state index in [0.717, 1.165) is 5.75 Å². The second-order valence-corrected chi connectivity index (χ2v) is 6.29. The second-order valence-electron chi connectivity index (χ2n) is 5.31. The quantitative estimate of drug-likeness (QED) is 0.773. The van der Waals surface area contributed by atoms with E-state index in [1.807, 2.05) is 6.26 Å². The van der Waals surface area contributed by atoms with Gasteiger partial charge in [-0.15, -0.1) is 0 Å². The van der Waals surface area contributed by atoms with Crippen LogP contribution < -0.4 is 16.7 Å². The van der Waals surface area contributed by atoms with Crippen LogP contribution in [0.3, 0.4) is 0 Å². The van der Waals surface area contributed by atoms with E-state index in [2.05, 4.69) is 0 Å². The second kappa shape index (κ2) is 8.85.